The van der Waals surface area contributed by atoms with E-state index in [0.29, 0.717) is 12.2 Å². The highest BCUT2D eigenvalue weighted by Crippen LogP contribution is 2.09. The topological polar surface area (TPSA) is 107 Å². The molecule has 0 radical (unpaired) electrons. The Hall–Kier alpha value is -1.54. The molecule has 1 unspecified atom stereocenters. The van der Waals surface area contributed by atoms with Gasteiger partial charge in [-0.05, 0) is 6.92 Å². The van der Waals surface area contributed by atoms with E-state index in [-0.39, 0.29) is 6.04 Å². The van der Waals surface area contributed by atoms with Crippen molar-refractivity contribution in [1.29, 1.82) is 0 Å². The first-order chi connectivity index (χ1) is 8.59. The summed E-state index contributed by atoms with van der Waals surface area (Å²) < 4.78 is 4.71. The minimum absolute atomic E-state index is 0.379. The van der Waals surface area contributed by atoms with Crippen molar-refractivity contribution >= 4 is 11.8 Å². The molecule has 0 aliphatic rings. The van der Waals surface area contributed by atoms with Gasteiger partial charge in [0.25, 0.3) is 6.20 Å². The summed E-state index contributed by atoms with van der Waals surface area (Å²) in [7, 11) is 0. The normalized spacial score (nSPS) is 13.3. The SMILES string of the molecule is CC(N)C(=C[N+](=O)[O-])NCCSCc1ccon1. The number of hydrogen-bond donors (Lipinski definition) is 2. The maximum absolute atomic E-state index is 10.4. The Morgan fingerprint density at radius 3 is 3.17 bits per heavy atom. The van der Waals surface area contributed by atoms with Crippen LogP contribution in [0, 0.1) is 10.1 Å². The number of thioether (sulfide) groups is 1. The second kappa shape index (κ2) is 7.72. The maximum atomic E-state index is 10.4. The Kier molecular flexibility index (Phi) is 6.23. The van der Waals surface area contributed by atoms with Crippen LogP contribution in [0.2, 0.25) is 0 Å². The van der Waals surface area contributed by atoms with Crippen molar-refractivity contribution in [1.82, 2.24) is 10.5 Å². The Labute approximate surface area is 109 Å². The van der Waals surface area contributed by atoms with Crippen LogP contribution >= 0.6 is 11.8 Å². The number of nitrogens with two attached hydrogens (primary N) is 1. The lowest BCUT2D eigenvalue weighted by molar-refractivity contribution is -0.404. The van der Waals surface area contributed by atoms with Crippen molar-refractivity contribution in [2.24, 2.45) is 5.73 Å². The maximum Gasteiger partial charge on any atom is 0.254 e. The van der Waals surface area contributed by atoms with Crippen LogP contribution < -0.4 is 11.1 Å². The van der Waals surface area contributed by atoms with E-state index in [2.05, 4.69) is 10.5 Å². The van der Waals surface area contributed by atoms with Gasteiger partial charge in [-0.1, -0.05) is 5.16 Å². The first-order valence-electron chi connectivity index (χ1n) is 5.41. The van der Waals surface area contributed by atoms with Crippen molar-refractivity contribution < 1.29 is 9.45 Å². The number of hydrogen-bond acceptors (Lipinski definition) is 7. The van der Waals surface area contributed by atoms with Gasteiger partial charge in [-0.3, -0.25) is 10.1 Å². The van der Waals surface area contributed by atoms with E-state index in [1.165, 1.54) is 6.26 Å². The minimum atomic E-state index is -0.506. The molecular formula is C10H16N4O3S. The zero-order chi connectivity index (χ0) is 13.4. The fraction of sp³-hybridized carbons (Fsp3) is 0.500. The average molecular weight is 272 g/mol. The molecule has 1 heterocycles. The van der Waals surface area contributed by atoms with Gasteiger partial charge in [0.05, 0.1) is 16.3 Å². The lowest BCUT2D eigenvalue weighted by atomic mass is 10.3. The molecule has 8 heteroatoms. The summed E-state index contributed by atoms with van der Waals surface area (Å²) in [6.07, 6.45) is 2.44. The van der Waals surface area contributed by atoms with E-state index in [9.17, 15) is 10.1 Å². The van der Waals surface area contributed by atoms with Gasteiger partial charge in [-0.2, -0.15) is 11.8 Å². The fourth-order valence-electron chi connectivity index (χ4n) is 1.19. The first-order valence-corrected chi connectivity index (χ1v) is 6.56. The molecular weight excluding hydrogens is 256 g/mol. The molecule has 1 atom stereocenters. The summed E-state index contributed by atoms with van der Waals surface area (Å²) in [6.45, 7) is 2.31. The number of aromatic nitrogens is 1. The molecule has 0 saturated heterocycles. The molecule has 7 nitrogen and oxygen atoms in total. The van der Waals surface area contributed by atoms with Gasteiger partial charge < -0.3 is 15.6 Å². The molecule has 1 aromatic heterocycles. The zero-order valence-corrected chi connectivity index (χ0v) is 10.9. The van der Waals surface area contributed by atoms with Gasteiger partial charge in [0.15, 0.2) is 0 Å². The molecule has 0 aromatic carbocycles. The molecule has 0 amide bonds. The summed E-state index contributed by atoms with van der Waals surface area (Å²) >= 11 is 1.66. The lowest BCUT2D eigenvalue weighted by Crippen LogP contribution is -2.30. The van der Waals surface area contributed by atoms with E-state index in [0.717, 1.165) is 23.4 Å². The Morgan fingerprint density at radius 2 is 2.61 bits per heavy atom. The first kappa shape index (κ1) is 14.5. The Morgan fingerprint density at radius 1 is 1.83 bits per heavy atom. The van der Waals surface area contributed by atoms with Gasteiger partial charge in [0.1, 0.15) is 6.26 Å². The quantitative estimate of drug-likeness (QED) is 0.412. The van der Waals surface area contributed by atoms with Crippen molar-refractivity contribution in [2.45, 2.75) is 18.7 Å². The van der Waals surface area contributed by atoms with Crippen LogP contribution in [0.5, 0.6) is 0 Å². The minimum Gasteiger partial charge on any atom is -0.381 e. The molecule has 0 bridgehead atoms. The predicted octanol–water partition coefficient (Wildman–Crippen LogP) is 0.963. The number of nitrogens with zero attached hydrogens (tertiary/aromatic N) is 2. The highest BCUT2D eigenvalue weighted by atomic mass is 32.2. The van der Waals surface area contributed by atoms with Crippen molar-refractivity contribution in [3.05, 3.63) is 40.0 Å². The van der Waals surface area contributed by atoms with Crippen LogP contribution in [0.3, 0.4) is 0 Å². The fourth-order valence-corrected chi connectivity index (χ4v) is 1.94. The molecule has 0 fully saturated rings. The van der Waals surface area contributed by atoms with Crippen LogP contribution in [0.15, 0.2) is 28.7 Å². The van der Waals surface area contributed by atoms with Crippen LogP contribution in [-0.4, -0.2) is 28.4 Å². The van der Waals surface area contributed by atoms with E-state index in [1.54, 1.807) is 24.8 Å². The van der Waals surface area contributed by atoms with Crippen LogP contribution in [0.1, 0.15) is 12.6 Å². The van der Waals surface area contributed by atoms with Gasteiger partial charge in [-0.15, -0.1) is 0 Å². The second-order valence-electron chi connectivity index (χ2n) is 3.63. The predicted molar refractivity (Wildman–Crippen MR) is 69.4 cm³/mol. The molecule has 18 heavy (non-hydrogen) atoms. The summed E-state index contributed by atoms with van der Waals surface area (Å²) in [5, 5.41) is 17.1. The van der Waals surface area contributed by atoms with Crippen LogP contribution in [0.25, 0.3) is 0 Å². The Balaban J connectivity index is 2.21. The summed E-state index contributed by atoms with van der Waals surface area (Å²) in [4.78, 5) is 9.86. The molecule has 3 N–H and O–H groups in total. The molecule has 100 valence electrons. The molecule has 0 spiro atoms. The summed E-state index contributed by atoms with van der Waals surface area (Å²) in [5.41, 5.74) is 6.93. The van der Waals surface area contributed by atoms with Gasteiger partial charge in [0, 0.05) is 30.2 Å². The average Bonchev–Trinajstić information content (AvgIpc) is 2.79. The summed E-state index contributed by atoms with van der Waals surface area (Å²) in [5.74, 6) is 1.55. The van der Waals surface area contributed by atoms with Crippen LogP contribution in [-0.2, 0) is 5.75 Å². The van der Waals surface area contributed by atoms with E-state index >= 15 is 0 Å². The number of nitro groups is 1. The molecule has 0 aliphatic heterocycles. The molecule has 1 rings (SSSR count). The summed E-state index contributed by atoms with van der Waals surface area (Å²) in [6, 6.07) is 1.43. The number of rotatable bonds is 8. The highest BCUT2D eigenvalue weighted by Gasteiger charge is 2.07. The standard InChI is InChI=1S/C10H16N4O3S/c1-8(11)10(6-14(15)16)12-3-5-18-7-9-2-4-17-13-9/h2,4,6,8,12H,3,5,7,11H2,1H3. The van der Waals surface area contributed by atoms with Crippen molar-refractivity contribution in [2.75, 3.05) is 12.3 Å². The second-order valence-corrected chi connectivity index (χ2v) is 4.73. The smallest absolute Gasteiger partial charge is 0.254 e. The van der Waals surface area contributed by atoms with Crippen molar-refractivity contribution in [3.63, 3.8) is 0 Å². The van der Waals surface area contributed by atoms with E-state index in [4.69, 9.17) is 10.3 Å². The van der Waals surface area contributed by atoms with E-state index in [1.807, 2.05) is 0 Å². The van der Waals surface area contributed by atoms with Gasteiger partial charge >= 0.3 is 0 Å². The molecule has 0 aliphatic carbocycles. The highest BCUT2D eigenvalue weighted by molar-refractivity contribution is 7.98. The third-order valence-corrected chi connectivity index (χ3v) is 3.04. The zero-order valence-electron chi connectivity index (χ0n) is 10.0. The van der Waals surface area contributed by atoms with Gasteiger partial charge in [0.2, 0.25) is 0 Å². The number of nitrogens with one attached hydrogen (secondary N) is 1. The largest absolute Gasteiger partial charge is 0.381 e. The Bertz CT molecular complexity index is 392. The van der Waals surface area contributed by atoms with Crippen molar-refractivity contribution in [3.8, 4) is 0 Å². The van der Waals surface area contributed by atoms with Crippen LogP contribution in [0.4, 0.5) is 0 Å². The lowest BCUT2D eigenvalue weighted by Gasteiger charge is -2.11. The monoisotopic (exact) mass is 272 g/mol. The third-order valence-electron chi connectivity index (χ3n) is 2.05. The molecule has 0 saturated carbocycles. The third kappa shape index (κ3) is 5.69. The molecule has 1 aromatic rings. The van der Waals surface area contributed by atoms with Gasteiger partial charge in [-0.25, -0.2) is 0 Å². The van der Waals surface area contributed by atoms with E-state index < -0.39 is 4.92 Å².